The van der Waals surface area contributed by atoms with Gasteiger partial charge in [0.05, 0.1) is 0 Å². The van der Waals surface area contributed by atoms with Crippen molar-refractivity contribution in [2.45, 2.75) is 31.8 Å². The predicted molar refractivity (Wildman–Crippen MR) is 84.5 cm³/mol. The first kappa shape index (κ1) is 16.2. The SMILES string of the molecule is C[C@]1([C@@H]2CCCN(Cc3ccc(F)cc3Cl)C2)NC(=O)NC1=O. The summed E-state index contributed by atoms with van der Waals surface area (Å²) < 4.78 is 13.1. The van der Waals surface area contributed by atoms with E-state index in [0.29, 0.717) is 18.1 Å². The van der Waals surface area contributed by atoms with Crippen molar-refractivity contribution in [3.05, 3.63) is 34.6 Å². The Morgan fingerprint density at radius 3 is 2.87 bits per heavy atom. The van der Waals surface area contributed by atoms with Gasteiger partial charge in [-0.15, -0.1) is 0 Å². The first-order valence-electron chi connectivity index (χ1n) is 7.68. The fourth-order valence-corrected chi connectivity index (χ4v) is 3.63. The third-order valence-corrected chi connectivity index (χ3v) is 5.15. The minimum Gasteiger partial charge on any atom is -0.323 e. The molecule has 1 aromatic carbocycles. The fraction of sp³-hybridized carbons (Fsp3) is 0.500. The van der Waals surface area contributed by atoms with E-state index in [4.69, 9.17) is 11.6 Å². The summed E-state index contributed by atoms with van der Waals surface area (Å²) in [5.74, 6) is -0.593. The number of carbonyl (C=O) groups is 2. The average molecular weight is 340 g/mol. The summed E-state index contributed by atoms with van der Waals surface area (Å²) in [6.45, 7) is 3.93. The highest BCUT2D eigenvalue weighted by atomic mass is 35.5. The zero-order valence-corrected chi connectivity index (χ0v) is 13.6. The number of carbonyl (C=O) groups excluding carboxylic acids is 2. The molecule has 0 unspecified atom stereocenters. The first-order chi connectivity index (χ1) is 10.9. The molecule has 1 aromatic rings. The van der Waals surface area contributed by atoms with E-state index in [1.165, 1.54) is 12.1 Å². The molecule has 2 aliphatic heterocycles. The van der Waals surface area contributed by atoms with Crippen LogP contribution in [0.25, 0.3) is 0 Å². The van der Waals surface area contributed by atoms with Crippen LogP contribution in [-0.2, 0) is 11.3 Å². The molecule has 2 saturated heterocycles. The van der Waals surface area contributed by atoms with Gasteiger partial charge in [0.1, 0.15) is 11.4 Å². The van der Waals surface area contributed by atoms with Gasteiger partial charge in [-0.05, 0) is 44.0 Å². The van der Waals surface area contributed by atoms with Crippen molar-refractivity contribution in [3.8, 4) is 0 Å². The number of likely N-dealkylation sites (tertiary alicyclic amines) is 1. The molecule has 2 fully saturated rings. The second-order valence-electron chi connectivity index (χ2n) is 6.42. The van der Waals surface area contributed by atoms with Crippen molar-refractivity contribution < 1.29 is 14.0 Å². The van der Waals surface area contributed by atoms with Crippen LogP contribution in [0.5, 0.6) is 0 Å². The van der Waals surface area contributed by atoms with Crippen LogP contribution in [0.2, 0.25) is 5.02 Å². The van der Waals surface area contributed by atoms with Crippen molar-refractivity contribution in [1.82, 2.24) is 15.5 Å². The number of nitrogens with zero attached hydrogens (tertiary/aromatic N) is 1. The van der Waals surface area contributed by atoms with Crippen molar-refractivity contribution >= 4 is 23.5 Å². The molecule has 0 aromatic heterocycles. The molecule has 0 saturated carbocycles. The predicted octanol–water partition coefficient (Wildman–Crippen LogP) is 2.29. The summed E-state index contributed by atoms with van der Waals surface area (Å²) >= 11 is 6.09. The zero-order chi connectivity index (χ0) is 16.6. The number of hydrogen-bond donors (Lipinski definition) is 2. The number of nitrogens with one attached hydrogen (secondary N) is 2. The lowest BCUT2D eigenvalue weighted by Crippen LogP contribution is -2.55. The molecule has 7 heteroatoms. The molecule has 5 nitrogen and oxygen atoms in total. The Hall–Kier alpha value is -1.66. The van der Waals surface area contributed by atoms with Crippen LogP contribution >= 0.6 is 11.6 Å². The maximum atomic E-state index is 13.1. The number of piperidine rings is 1. The van der Waals surface area contributed by atoms with Crippen LogP contribution in [0.4, 0.5) is 9.18 Å². The quantitative estimate of drug-likeness (QED) is 0.831. The van der Waals surface area contributed by atoms with E-state index in [9.17, 15) is 14.0 Å². The molecule has 2 N–H and O–H groups in total. The Morgan fingerprint density at radius 2 is 2.22 bits per heavy atom. The summed E-state index contributed by atoms with van der Waals surface area (Å²) in [5.41, 5.74) is -0.0127. The van der Waals surface area contributed by atoms with Crippen LogP contribution < -0.4 is 10.6 Å². The summed E-state index contributed by atoms with van der Waals surface area (Å²) in [7, 11) is 0. The van der Waals surface area contributed by atoms with E-state index in [2.05, 4.69) is 15.5 Å². The average Bonchev–Trinajstić information content (AvgIpc) is 2.76. The van der Waals surface area contributed by atoms with Crippen molar-refractivity contribution in [2.24, 2.45) is 5.92 Å². The molecule has 0 bridgehead atoms. The van der Waals surface area contributed by atoms with Gasteiger partial charge in [-0.2, -0.15) is 0 Å². The Morgan fingerprint density at radius 1 is 1.43 bits per heavy atom. The minimum absolute atomic E-state index is 0.0296. The van der Waals surface area contributed by atoms with Crippen LogP contribution in [-0.4, -0.2) is 35.5 Å². The lowest BCUT2D eigenvalue weighted by Gasteiger charge is -2.39. The van der Waals surface area contributed by atoms with Gasteiger partial charge in [-0.1, -0.05) is 17.7 Å². The Balaban J connectivity index is 1.71. The third-order valence-electron chi connectivity index (χ3n) is 4.80. The van der Waals surface area contributed by atoms with E-state index in [1.807, 2.05) is 0 Å². The molecule has 23 heavy (non-hydrogen) atoms. The summed E-state index contributed by atoms with van der Waals surface area (Å²) in [6.07, 6.45) is 1.81. The highest BCUT2D eigenvalue weighted by molar-refractivity contribution is 6.31. The van der Waals surface area contributed by atoms with Gasteiger partial charge in [-0.25, -0.2) is 9.18 Å². The highest BCUT2D eigenvalue weighted by Gasteiger charge is 2.48. The molecule has 2 heterocycles. The number of halogens is 2. The zero-order valence-electron chi connectivity index (χ0n) is 12.9. The molecule has 0 radical (unpaired) electrons. The number of hydrogen-bond acceptors (Lipinski definition) is 3. The second-order valence-corrected chi connectivity index (χ2v) is 6.83. The Bertz CT molecular complexity index is 654. The maximum Gasteiger partial charge on any atom is 0.322 e. The summed E-state index contributed by atoms with van der Waals surface area (Å²) in [5, 5.41) is 5.47. The van der Waals surface area contributed by atoms with Gasteiger partial charge in [0.25, 0.3) is 5.91 Å². The Labute approximate surface area is 139 Å². The molecule has 2 aliphatic rings. The van der Waals surface area contributed by atoms with Crippen LogP contribution in [0, 0.1) is 11.7 Å². The lowest BCUT2D eigenvalue weighted by atomic mass is 9.80. The number of urea groups is 1. The topological polar surface area (TPSA) is 61.4 Å². The van der Waals surface area contributed by atoms with E-state index < -0.39 is 11.6 Å². The van der Waals surface area contributed by atoms with Crippen molar-refractivity contribution in [3.63, 3.8) is 0 Å². The summed E-state index contributed by atoms with van der Waals surface area (Å²) in [6, 6.07) is 3.96. The van der Waals surface area contributed by atoms with Gasteiger partial charge < -0.3 is 5.32 Å². The summed E-state index contributed by atoms with van der Waals surface area (Å²) in [4.78, 5) is 25.7. The van der Waals surface area contributed by atoms with E-state index in [1.54, 1.807) is 13.0 Å². The standard InChI is InChI=1S/C16H19ClFN3O2/c1-16(14(22)19-15(23)20-16)11-3-2-6-21(9-11)8-10-4-5-12(18)7-13(10)17/h4-5,7,11H,2-3,6,8-9H2,1H3,(H2,19,20,22,23)/t11-,16-/m1/s1. The van der Waals surface area contributed by atoms with Crippen molar-refractivity contribution in [1.29, 1.82) is 0 Å². The monoisotopic (exact) mass is 339 g/mol. The van der Waals surface area contributed by atoms with E-state index in [-0.39, 0.29) is 17.6 Å². The molecule has 0 spiro atoms. The lowest BCUT2D eigenvalue weighted by molar-refractivity contribution is -0.126. The van der Waals surface area contributed by atoms with Crippen LogP contribution in [0.1, 0.15) is 25.3 Å². The fourth-order valence-electron chi connectivity index (χ4n) is 3.41. The normalized spacial score (nSPS) is 28.6. The minimum atomic E-state index is -0.873. The molecule has 0 aliphatic carbocycles. The van der Waals surface area contributed by atoms with Gasteiger partial charge in [0.15, 0.2) is 0 Å². The molecular weight excluding hydrogens is 321 g/mol. The first-order valence-corrected chi connectivity index (χ1v) is 8.06. The Kier molecular flexibility index (Phi) is 4.29. The van der Waals surface area contributed by atoms with Gasteiger partial charge >= 0.3 is 6.03 Å². The van der Waals surface area contributed by atoms with Crippen LogP contribution in [0.3, 0.4) is 0 Å². The molecule has 3 amide bonds. The number of imide groups is 1. The third kappa shape index (κ3) is 3.19. The smallest absolute Gasteiger partial charge is 0.322 e. The molecule has 124 valence electrons. The van der Waals surface area contributed by atoms with E-state index in [0.717, 1.165) is 24.9 Å². The highest BCUT2D eigenvalue weighted by Crippen LogP contribution is 2.31. The number of amides is 3. The molecule has 3 rings (SSSR count). The molecular formula is C16H19ClFN3O2. The number of benzene rings is 1. The van der Waals surface area contributed by atoms with Crippen LogP contribution in [0.15, 0.2) is 18.2 Å². The van der Waals surface area contributed by atoms with Crippen molar-refractivity contribution in [2.75, 3.05) is 13.1 Å². The largest absolute Gasteiger partial charge is 0.323 e. The number of rotatable bonds is 3. The van der Waals surface area contributed by atoms with Gasteiger partial charge in [-0.3, -0.25) is 15.0 Å². The second kappa shape index (κ2) is 6.09. The molecule has 2 atom stereocenters. The van der Waals surface area contributed by atoms with E-state index >= 15 is 0 Å². The maximum absolute atomic E-state index is 13.1. The van der Waals surface area contributed by atoms with Gasteiger partial charge in [0.2, 0.25) is 0 Å². The van der Waals surface area contributed by atoms with Gasteiger partial charge in [0, 0.05) is 24.0 Å².